The van der Waals surface area contributed by atoms with Crippen LogP contribution in [0.15, 0.2) is 17.8 Å². The fourth-order valence-corrected chi connectivity index (χ4v) is 4.12. The summed E-state index contributed by atoms with van der Waals surface area (Å²) < 4.78 is 11.8. The van der Waals surface area contributed by atoms with Crippen molar-refractivity contribution in [2.75, 3.05) is 18.5 Å². The molecule has 0 aliphatic rings. The number of rotatable bonds is 6. The highest BCUT2D eigenvalue weighted by molar-refractivity contribution is 7.17. The van der Waals surface area contributed by atoms with E-state index in [0.717, 1.165) is 16.2 Å². The van der Waals surface area contributed by atoms with Gasteiger partial charge in [-0.2, -0.15) is 0 Å². The zero-order valence-electron chi connectivity index (χ0n) is 14.9. The van der Waals surface area contributed by atoms with Crippen LogP contribution in [0.4, 0.5) is 5.00 Å². The second-order valence-electron chi connectivity index (χ2n) is 5.41. The van der Waals surface area contributed by atoms with Crippen LogP contribution < -0.4 is 5.32 Å². The summed E-state index contributed by atoms with van der Waals surface area (Å²) in [7, 11) is 0. The van der Waals surface area contributed by atoms with Crippen molar-refractivity contribution in [2.45, 2.75) is 20.8 Å². The third-order valence-electron chi connectivity index (χ3n) is 3.50. The summed E-state index contributed by atoms with van der Waals surface area (Å²) in [6.45, 7) is 5.59. The first-order chi connectivity index (χ1) is 12.9. The standard InChI is InChI=1S/C17H17N3O5S2/c1-4-24-15(22)10-8-26-14(12(10)16(23)25-5-2)19-13(21)11-7-20-6-9(3)27-17(20)18-11/h6-8H,4-5H2,1-3H3,(H,19,21). The molecule has 0 spiro atoms. The van der Waals surface area contributed by atoms with Gasteiger partial charge in [-0.15, -0.1) is 22.7 Å². The van der Waals surface area contributed by atoms with E-state index in [9.17, 15) is 14.4 Å². The van der Waals surface area contributed by atoms with Crippen LogP contribution in [0.2, 0.25) is 0 Å². The number of anilines is 1. The van der Waals surface area contributed by atoms with Gasteiger partial charge in [-0.1, -0.05) is 0 Å². The van der Waals surface area contributed by atoms with Crippen LogP contribution in [-0.4, -0.2) is 40.4 Å². The van der Waals surface area contributed by atoms with E-state index in [0.29, 0.717) is 4.96 Å². The van der Waals surface area contributed by atoms with Crippen LogP contribution in [0.5, 0.6) is 0 Å². The number of fused-ring (bicyclic) bond motifs is 1. The number of thiophene rings is 1. The monoisotopic (exact) mass is 407 g/mol. The van der Waals surface area contributed by atoms with Gasteiger partial charge in [0, 0.05) is 22.7 Å². The van der Waals surface area contributed by atoms with Crippen molar-refractivity contribution >= 4 is 50.5 Å². The minimum Gasteiger partial charge on any atom is -0.462 e. The number of nitrogens with one attached hydrogen (secondary N) is 1. The second-order valence-corrected chi connectivity index (χ2v) is 7.50. The Morgan fingerprint density at radius 2 is 1.85 bits per heavy atom. The maximum Gasteiger partial charge on any atom is 0.342 e. The van der Waals surface area contributed by atoms with Gasteiger partial charge >= 0.3 is 11.9 Å². The number of nitrogens with zero attached hydrogens (tertiary/aromatic N) is 2. The van der Waals surface area contributed by atoms with Crippen LogP contribution in [0, 0.1) is 6.92 Å². The highest BCUT2D eigenvalue weighted by Gasteiger charge is 2.27. The number of thiazole rings is 1. The van der Waals surface area contributed by atoms with E-state index in [-0.39, 0.29) is 35.0 Å². The summed E-state index contributed by atoms with van der Waals surface area (Å²) in [6.07, 6.45) is 3.48. The van der Waals surface area contributed by atoms with Gasteiger partial charge in [0.25, 0.3) is 5.91 Å². The van der Waals surface area contributed by atoms with Crippen molar-refractivity contribution in [1.29, 1.82) is 0 Å². The minimum atomic E-state index is -0.696. The molecule has 3 aromatic rings. The number of ether oxygens (including phenoxy) is 2. The van der Waals surface area contributed by atoms with Crippen molar-refractivity contribution in [3.63, 3.8) is 0 Å². The Labute approximate surface area is 162 Å². The van der Waals surface area contributed by atoms with Gasteiger partial charge in [-0.05, 0) is 20.8 Å². The number of hydrogen-bond acceptors (Lipinski definition) is 8. The first kappa shape index (κ1) is 19.1. The summed E-state index contributed by atoms with van der Waals surface area (Å²) >= 11 is 2.52. The first-order valence-electron chi connectivity index (χ1n) is 8.16. The number of carbonyl (C=O) groups excluding carboxylic acids is 3. The van der Waals surface area contributed by atoms with Gasteiger partial charge in [-0.25, -0.2) is 14.6 Å². The van der Waals surface area contributed by atoms with Gasteiger partial charge in [-0.3, -0.25) is 9.20 Å². The highest BCUT2D eigenvalue weighted by Crippen LogP contribution is 2.30. The number of imidazole rings is 1. The molecule has 0 aliphatic carbocycles. The van der Waals surface area contributed by atoms with Crippen LogP contribution in [0.3, 0.4) is 0 Å². The van der Waals surface area contributed by atoms with Crippen LogP contribution in [-0.2, 0) is 9.47 Å². The quantitative estimate of drug-likeness (QED) is 0.629. The second kappa shape index (κ2) is 7.89. The Balaban J connectivity index is 1.90. The maximum atomic E-state index is 12.6. The van der Waals surface area contributed by atoms with E-state index in [4.69, 9.17) is 9.47 Å². The zero-order chi connectivity index (χ0) is 19.6. The van der Waals surface area contributed by atoms with Crippen molar-refractivity contribution in [2.24, 2.45) is 0 Å². The lowest BCUT2D eigenvalue weighted by molar-refractivity contribution is 0.0481. The van der Waals surface area contributed by atoms with Gasteiger partial charge in [0.05, 0.1) is 18.8 Å². The Kier molecular flexibility index (Phi) is 5.57. The highest BCUT2D eigenvalue weighted by atomic mass is 32.1. The maximum absolute atomic E-state index is 12.6. The molecule has 0 aromatic carbocycles. The molecule has 0 saturated carbocycles. The molecule has 0 fully saturated rings. The van der Waals surface area contributed by atoms with Crippen LogP contribution in [0.1, 0.15) is 49.9 Å². The molecule has 0 unspecified atom stereocenters. The van der Waals surface area contributed by atoms with Gasteiger partial charge in [0.1, 0.15) is 16.3 Å². The first-order valence-corrected chi connectivity index (χ1v) is 9.86. The van der Waals surface area contributed by atoms with E-state index < -0.39 is 17.8 Å². The Morgan fingerprint density at radius 1 is 1.15 bits per heavy atom. The molecule has 3 rings (SSSR count). The zero-order valence-corrected chi connectivity index (χ0v) is 16.5. The molecule has 1 amide bonds. The summed E-state index contributed by atoms with van der Waals surface area (Å²) in [5.74, 6) is -1.82. The lowest BCUT2D eigenvalue weighted by Crippen LogP contribution is -2.17. The van der Waals surface area contributed by atoms with E-state index in [1.165, 1.54) is 16.7 Å². The Hall–Kier alpha value is -2.72. The SMILES string of the molecule is CCOC(=O)c1csc(NC(=O)c2cn3cc(C)sc3n2)c1C(=O)OCC. The van der Waals surface area contributed by atoms with Crippen molar-refractivity contribution in [3.05, 3.63) is 39.5 Å². The molecule has 3 heterocycles. The smallest absolute Gasteiger partial charge is 0.342 e. The molecular weight excluding hydrogens is 390 g/mol. The van der Waals surface area contributed by atoms with E-state index in [1.54, 1.807) is 24.4 Å². The van der Waals surface area contributed by atoms with Crippen molar-refractivity contribution in [3.8, 4) is 0 Å². The lowest BCUT2D eigenvalue weighted by Gasteiger charge is -2.07. The summed E-state index contributed by atoms with van der Waals surface area (Å²) in [4.78, 5) is 43.0. The predicted octanol–water partition coefficient (Wildman–Crippen LogP) is 3.37. The molecule has 0 aliphatic heterocycles. The summed E-state index contributed by atoms with van der Waals surface area (Å²) in [6, 6.07) is 0. The van der Waals surface area contributed by atoms with E-state index in [2.05, 4.69) is 10.3 Å². The molecule has 27 heavy (non-hydrogen) atoms. The summed E-state index contributed by atoms with van der Waals surface area (Å²) in [5, 5.41) is 4.33. The van der Waals surface area contributed by atoms with Gasteiger partial charge in [0.15, 0.2) is 4.96 Å². The molecule has 0 radical (unpaired) electrons. The van der Waals surface area contributed by atoms with Crippen LogP contribution in [0.25, 0.3) is 4.96 Å². The van der Waals surface area contributed by atoms with E-state index >= 15 is 0 Å². The number of aryl methyl sites for hydroxylation is 1. The fraction of sp³-hybridized carbons (Fsp3) is 0.294. The number of amides is 1. The Morgan fingerprint density at radius 3 is 2.52 bits per heavy atom. The minimum absolute atomic E-state index is 0.00878. The largest absolute Gasteiger partial charge is 0.462 e. The molecule has 10 heteroatoms. The van der Waals surface area contributed by atoms with E-state index in [1.807, 2.05) is 13.1 Å². The average molecular weight is 407 g/mol. The fourth-order valence-electron chi connectivity index (χ4n) is 2.40. The molecule has 0 atom stereocenters. The molecule has 0 bridgehead atoms. The number of esters is 2. The molecular formula is C17H17N3O5S2. The van der Waals surface area contributed by atoms with Crippen LogP contribution >= 0.6 is 22.7 Å². The third-order valence-corrected chi connectivity index (χ3v) is 5.30. The van der Waals surface area contributed by atoms with Gasteiger partial charge < -0.3 is 14.8 Å². The molecule has 142 valence electrons. The number of aromatic nitrogens is 2. The molecule has 3 aromatic heterocycles. The normalized spacial score (nSPS) is 10.8. The molecule has 1 N–H and O–H groups in total. The molecule has 8 nitrogen and oxygen atoms in total. The summed E-state index contributed by atoms with van der Waals surface area (Å²) in [5.41, 5.74) is 0.268. The average Bonchev–Trinajstić information content (AvgIpc) is 3.27. The number of carbonyl (C=O) groups is 3. The molecule has 0 saturated heterocycles. The Bertz CT molecular complexity index is 986. The van der Waals surface area contributed by atoms with Crippen molar-refractivity contribution in [1.82, 2.24) is 9.38 Å². The topological polar surface area (TPSA) is 99.0 Å². The number of hydrogen-bond donors (Lipinski definition) is 1. The van der Waals surface area contributed by atoms with Gasteiger partial charge in [0.2, 0.25) is 0 Å². The lowest BCUT2D eigenvalue weighted by atomic mass is 10.2. The van der Waals surface area contributed by atoms with Crippen molar-refractivity contribution < 1.29 is 23.9 Å². The third kappa shape index (κ3) is 3.86. The predicted molar refractivity (Wildman–Crippen MR) is 102 cm³/mol.